The standard InChI is InChI=1S/C21H31NO7/c1-26-18(25)5-4-17(24)22-19-9-13-7-14(10-19)21(15(8-13)11-19)27-20(28-29-21)6-2-3-16(23)12-20/h13-16,23H,2-12H2,1H3,(H,22,24)/t13?,14?,15?,16?,19?,20-,21?/m1/s1. The van der Waals surface area contributed by atoms with Crippen LogP contribution >= 0.6 is 0 Å². The van der Waals surface area contributed by atoms with E-state index in [2.05, 4.69) is 10.1 Å². The molecule has 1 saturated heterocycles. The van der Waals surface area contributed by atoms with Crippen molar-refractivity contribution in [1.29, 1.82) is 0 Å². The highest BCUT2D eigenvalue weighted by Gasteiger charge is 2.70. The molecule has 5 aliphatic carbocycles. The van der Waals surface area contributed by atoms with Crippen molar-refractivity contribution in [1.82, 2.24) is 5.32 Å². The van der Waals surface area contributed by atoms with Gasteiger partial charge in [0, 0.05) is 36.6 Å². The highest BCUT2D eigenvalue weighted by Crippen LogP contribution is 2.64. The zero-order valence-electron chi connectivity index (χ0n) is 17.0. The fraction of sp³-hybridized carbons (Fsp3) is 0.905. The number of rotatable bonds is 4. The fourth-order valence-corrected chi connectivity index (χ4v) is 6.86. The molecule has 0 radical (unpaired) electrons. The van der Waals surface area contributed by atoms with Crippen LogP contribution in [0.1, 0.15) is 70.6 Å². The molecule has 5 saturated carbocycles. The summed E-state index contributed by atoms with van der Waals surface area (Å²) in [7, 11) is 1.33. The lowest BCUT2D eigenvalue weighted by Crippen LogP contribution is -2.69. The molecule has 8 heteroatoms. The summed E-state index contributed by atoms with van der Waals surface area (Å²) >= 11 is 0. The van der Waals surface area contributed by atoms with Crippen molar-refractivity contribution in [2.24, 2.45) is 17.8 Å². The average Bonchev–Trinajstić information content (AvgIpc) is 3.03. The molecule has 4 atom stereocenters. The minimum atomic E-state index is -0.829. The van der Waals surface area contributed by atoms with Gasteiger partial charge in [0.25, 0.3) is 0 Å². The van der Waals surface area contributed by atoms with E-state index >= 15 is 0 Å². The zero-order chi connectivity index (χ0) is 20.3. The minimum Gasteiger partial charge on any atom is -0.469 e. The maximum absolute atomic E-state index is 12.5. The Kier molecular flexibility index (Phi) is 4.70. The normalized spacial score (nSPS) is 47.7. The molecule has 162 valence electrons. The predicted molar refractivity (Wildman–Crippen MR) is 98.9 cm³/mol. The largest absolute Gasteiger partial charge is 0.469 e. The van der Waals surface area contributed by atoms with E-state index in [1.807, 2.05) is 0 Å². The van der Waals surface area contributed by atoms with Crippen molar-refractivity contribution in [3.8, 4) is 0 Å². The zero-order valence-corrected chi connectivity index (χ0v) is 17.0. The van der Waals surface area contributed by atoms with Crippen molar-refractivity contribution in [2.75, 3.05) is 7.11 Å². The average molecular weight is 409 g/mol. The Morgan fingerprint density at radius 3 is 2.55 bits per heavy atom. The van der Waals surface area contributed by atoms with Crippen LogP contribution < -0.4 is 5.32 Å². The van der Waals surface area contributed by atoms with E-state index < -0.39 is 17.7 Å². The SMILES string of the molecule is COC(=O)CCC(=O)NC12CC3CC(C1)C1(OO[C@@]4(CCCC(O)C4)O1)C(C3)C2. The lowest BCUT2D eigenvalue weighted by molar-refractivity contribution is -0.392. The molecule has 1 aliphatic heterocycles. The number of aliphatic hydroxyl groups excluding tert-OH is 1. The van der Waals surface area contributed by atoms with Gasteiger partial charge in [-0.15, -0.1) is 0 Å². The first-order valence-corrected chi connectivity index (χ1v) is 11.0. The molecule has 6 aliphatic rings. The van der Waals surface area contributed by atoms with Crippen LogP contribution in [-0.4, -0.2) is 47.3 Å². The van der Waals surface area contributed by atoms with Crippen LogP contribution in [0.25, 0.3) is 0 Å². The van der Waals surface area contributed by atoms with E-state index in [0.717, 1.165) is 51.4 Å². The van der Waals surface area contributed by atoms with E-state index in [4.69, 9.17) is 14.5 Å². The lowest BCUT2D eigenvalue weighted by atomic mass is 9.50. The Morgan fingerprint density at radius 1 is 1.10 bits per heavy atom. The van der Waals surface area contributed by atoms with E-state index in [1.165, 1.54) is 7.11 Å². The van der Waals surface area contributed by atoms with Gasteiger partial charge in [-0.2, -0.15) is 9.78 Å². The number of amides is 1. The third-order valence-electron chi connectivity index (χ3n) is 7.83. The maximum Gasteiger partial charge on any atom is 0.306 e. The molecule has 2 spiro atoms. The second kappa shape index (κ2) is 6.90. The molecular weight excluding hydrogens is 378 g/mol. The summed E-state index contributed by atoms with van der Waals surface area (Å²) in [6, 6.07) is 0. The van der Waals surface area contributed by atoms with Crippen LogP contribution in [0, 0.1) is 17.8 Å². The number of hydrogen-bond acceptors (Lipinski definition) is 7. The third-order valence-corrected chi connectivity index (χ3v) is 7.83. The van der Waals surface area contributed by atoms with E-state index in [1.54, 1.807) is 0 Å². The predicted octanol–water partition coefficient (Wildman–Crippen LogP) is 1.94. The molecule has 29 heavy (non-hydrogen) atoms. The first kappa shape index (κ1) is 19.7. The summed E-state index contributed by atoms with van der Waals surface area (Å²) in [5.41, 5.74) is -0.247. The van der Waals surface area contributed by atoms with Crippen molar-refractivity contribution in [3.05, 3.63) is 0 Å². The molecule has 0 aromatic rings. The summed E-state index contributed by atoms with van der Waals surface area (Å²) in [4.78, 5) is 35.7. The first-order chi connectivity index (χ1) is 13.9. The molecular formula is C21H31NO7. The van der Waals surface area contributed by atoms with Gasteiger partial charge in [-0.05, 0) is 50.9 Å². The number of esters is 1. The second-order valence-electron chi connectivity index (χ2n) is 9.90. The Labute approximate surface area is 170 Å². The number of carbonyl (C=O) groups excluding carboxylic acids is 2. The molecule has 1 heterocycles. The molecule has 8 nitrogen and oxygen atoms in total. The highest BCUT2D eigenvalue weighted by atomic mass is 17.3. The van der Waals surface area contributed by atoms with E-state index in [-0.39, 0.29) is 42.1 Å². The molecule has 2 N–H and O–H groups in total. The van der Waals surface area contributed by atoms with Crippen LogP contribution in [0.4, 0.5) is 0 Å². The highest BCUT2D eigenvalue weighted by molar-refractivity contribution is 5.81. The van der Waals surface area contributed by atoms with Gasteiger partial charge >= 0.3 is 5.97 Å². The molecule has 4 bridgehead atoms. The Hall–Kier alpha value is -1.22. The van der Waals surface area contributed by atoms with Gasteiger partial charge in [-0.1, -0.05) is 0 Å². The summed E-state index contributed by atoms with van der Waals surface area (Å²) in [6.07, 6.45) is 7.26. The maximum atomic E-state index is 12.5. The second-order valence-corrected chi connectivity index (χ2v) is 9.90. The van der Waals surface area contributed by atoms with Gasteiger partial charge in [0.15, 0.2) is 0 Å². The van der Waals surface area contributed by atoms with Gasteiger partial charge < -0.3 is 19.9 Å². The number of methoxy groups -OCH3 is 1. The molecule has 0 aromatic heterocycles. The monoisotopic (exact) mass is 409 g/mol. The lowest BCUT2D eigenvalue weighted by Gasteiger charge is -2.62. The molecule has 3 unspecified atom stereocenters. The molecule has 6 rings (SSSR count). The topological polar surface area (TPSA) is 103 Å². The number of ether oxygens (including phenoxy) is 2. The third kappa shape index (κ3) is 3.28. The van der Waals surface area contributed by atoms with Crippen molar-refractivity contribution < 1.29 is 33.9 Å². The van der Waals surface area contributed by atoms with Crippen molar-refractivity contribution in [2.45, 2.75) is 93.8 Å². The molecule has 6 fully saturated rings. The number of nitrogens with one attached hydrogen (secondary N) is 1. The smallest absolute Gasteiger partial charge is 0.306 e. The van der Waals surface area contributed by atoms with Crippen LogP contribution in [0.3, 0.4) is 0 Å². The van der Waals surface area contributed by atoms with Gasteiger partial charge in [0.05, 0.1) is 19.6 Å². The summed E-state index contributed by atoms with van der Waals surface area (Å²) in [6.45, 7) is 0. The first-order valence-electron chi connectivity index (χ1n) is 11.0. The van der Waals surface area contributed by atoms with Crippen LogP contribution in [0.2, 0.25) is 0 Å². The van der Waals surface area contributed by atoms with E-state index in [0.29, 0.717) is 12.3 Å². The van der Waals surface area contributed by atoms with Crippen LogP contribution in [-0.2, 0) is 28.8 Å². The number of carbonyl (C=O) groups is 2. The van der Waals surface area contributed by atoms with Crippen molar-refractivity contribution >= 4 is 11.9 Å². The minimum absolute atomic E-state index is 0.0946. The Balaban J connectivity index is 1.29. The van der Waals surface area contributed by atoms with Gasteiger partial charge in [-0.25, -0.2) is 0 Å². The summed E-state index contributed by atoms with van der Waals surface area (Å²) in [5.74, 6) is -1.18. The van der Waals surface area contributed by atoms with Crippen molar-refractivity contribution in [3.63, 3.8) is 0 Å². The van der Waals surface area contributed by atoms with Crippen LogP contribution in [0.5, 0.6) is 0 Å². The quantitative estimate of drug-likeness (QED) is 0.540. The summed E-state index contributed by atoms with van der Waals surface area (Å²) in [5, 5.41) is 13.4. The van der Waals surface area contributed by atoms with Gasteiger partial charge in [0.1, 0.15) is 0 Å². The fourth-order valence-electron chi connectivity index (χ4n) is 6.86. The Morgan fingerprint density at radius 2 is 1.86 bits per heavy atom. The molecule has 0 aromatic carbocycles. The van der Waals surface area contributed by atoms with E-state index in [9.17, 15) is 14.7 Å². The number of hydrogen-bond donors (Lipinski definition) is 2. The Bertz CT molecular complexity index is 681. The van der Waals surface area contributed by atoms with Gasteiger partial charge in [0.2, 0.25) is 17.5 Å². The summed E-state index contributed by atoms with van der Waals surface area (Å²) < 4.78 is 11.2. The molecule has 1 amide bonds. The van der Waals surface area contributed by atoms with Crippen LogP contribution in [0.15, 0.2) is 0 Å². The van der Waals surface area contributed by atoms with Gasteiger partial charge in [-0.3, -0.25) is 9.59 Å². The number of aliphatic hydroxyl groups is 1.